The lowest BCUT2D eigenvalue weighted by molar-refractivity contribution is -0.384. The highest BCUT2D eigenvalue weighted by Crippen LogP contribution is 2.30. The maximum atomic E-state index is 11.1. The van der Waals surface area contributed by atoms with Crippen molar-refractivity contribution in [2.75, 3.05) is 5.32 Å². The number of benzene rings is 1. The fraction of sp³-hybridized carbons (Fsp3) is 0.600. The first-order chi connectivity index (χ1) is 9.08. The first-order valence-electron chi connectivity index (χ1n) is 7.09. The maximum Gasteiger partial charge on any atom is 0.292 e. The van der Waals surface area contributed by atoms with E-state index in [-0.39, 0.29) is 10.6 Å². The SMILES string of the molecule is Cc1ccc([N+](=O)[O-])c(NC2CCCCCC2C)c1. The maximum absolute atomic E-state index is 11.1. The summed E-state index contributed by atoms with van der Waals surface area (Å²) >= 11 is 0. The first kappa shape index (κ1) is 13.8. The van der Waals surface area contributed by atoms with Crippen LogP contribution in [0.5, 0.6) is 0 Å². The van der Waals surface area contributed by atoms with E-state index in [9.17, 15) is 10.1 Å². The molecular formula is C15H22N2O2. The van der Waals surface area contributed by atoms with E-state index in [1.807, 2.05) is 13.0 Å². The second-order valence-corrected chi connectivity index (χ2v) is 5.64. The molecule has 2 rings (SSSR count). The summed E-state index contributed by atoms with van der Waals surface area (Å²) in [6, 6.07) is 5.62. The Kier molecular flexibility index (Phi) is 4.40. The molecule has 0 amide bonds. The van der Waals surface area contributed by atoms with E-state index in [0.717, 1.165) is 12.0 Å². The van der Waals surface area contributed by atoms with Gasteiger partial charge in [-0.1, -0.05) is 32.3 Å². The van der Waals surface area contributed by atoms with Gasteiger partial charge in [0.1, 0.15) is 5.69 Å². The zero-order chi connectivity index (χ0) is 13.8. The minimum atomic E-state index is -0.302. The summed E-state index contributed by atoms with van der Waals surface area (Å²) in [6.07, 6.45) is 6.07. The van der Waals surface area contributed by atoms with Gasteiger partial charge in [0.25, 0.3) is 5.69 Å². The first-order valence-corrected chi connectivity index (χ1v) is 7.09. The number of anilines is 1. The summed E-state index contributed by atoms with van der Waals surface area (Å²) in [6.45, 7) is 4.20. The summed E-state index contributed by atoms with van der Waals surface area (Å²) in [7, 11) is 0. The molecule has 19 heavy (non-hydrogen) atoms. The van der Waals surface area contributed by atoms with E-state index in [0.29, 0.717) is 17.6 Å². The van der Waals surface area contributed by atoms with Gasteiger partial charge in [0.2, 0.25) is 0 Å². The van der Waals surface area contributed by atoms with Crippen LogP contribution in [0.4, 0.5) is 11.4 Å². The molecule has 1 aliphatic carbocycles. The molecular weight excluding hydrogens is 240 g/mol. The molecule has 0 saturated heterocycles. The molecule has 1 aromatic carbocycles. The Morgan fingerprint density at radius 3 is 2.74 bits per heavy atom. The molecule has 0 aromatic heterocycles. The number of hydrogen-bond acceptors (Lipinski definition) is 3. The molecule has 1 aromatic rings. The van der Waals surface area contributed by atoms with Gasteiger partial charge >= 0.3 is 0 Å². The lowest BCUT2D eigenvalue weighted by Crippen LogP contribution is -2.26. The normalized spacial score (nSPS) is 23.7. The number of nitrogens with zero attached hydrogens (tertiary/aromatic N) is 1. The number of nitro groups is 1. The summed E-state index contributed by atoms with van der Waals surface area (Å²) in [5, 5.41) is 14.5. The molecule has 0 aliphatic heterocycles. The van der Waals surface area contributed by atoms with Crippen LogP contribution in [0.1, 0.15) is 44.6 Å². The molecule has 2 unspecified atom stereocenters. The Morgan fingerprint density at radius 1 is 1.26 bits per heavy atom. The van der Waals surface area contributed by atoms with E-state index in [1.54, 1.807) is 12.1 Å². The number of rotatable bonds is 3. The topological polar surface area (TPSA) is 55.2 Å². The van der Waals surface area contributed by atoms with Crippen molar-refractivity contribution >= 4 is 11.4 Å². The highest BCUT2D eigenvalue weighted by Gasteiger charge is 2.22. The van der Waals surface area contributed by atoms with Crippen molar-refractivity contribution in [2.24, 2.45) is 5.92 Å². The zero-order valence-electron chi connectivity index (χ0n) is 11.7. The number of hydrogen-bond donors (Lipinski definition) is 1. The van der Waals surface area contributed by atoms with Gasteiger partial charge in [-0.05, 0) is 37.3 Å². The molecule has 4 heteroatoms. The van der Waals surface area contributed by atoms with Crippen LogP contribution in [0.2, 0.25) is 0 Å². The highest BCUT2D eigenvalue weighted by molar-refractivity contribution is 5.63. The highest BCUT2D eigenvalue weighted by atomic mass is 16.6. The minimum Gasteiger partial charge on any atom is -0.376 e. The van der Waals surface area contributed by atoms with Gasteiger partial charge in [-0.25, -0.2) is 0 Å². The van der Waals surface area contributed by atoms with Crippen LogP contribution in [0.3, 0.4) is 0 Å². The quantitative estimate of drug-likeness (QED) is 0.502. The molecule has 0 radical (unpaired) electrons. The van der Waals surface area contributed by atoms with Crippen LogP contribution in [0.15, 0.2) is 18.2 Å². The van der Waals surface area contributed by atoms with E-state index in [4.69, 9.17) is 0 Å². The van der Waals surface area contributed by atoms with Crippen LogP contribution >= 0.6 is 0 Å². The molecule has 1 fully saturated rings. The summed E-state index contributed by atoms with van der Waals surface area (Å²) in [4.78, 5) is 10.8. The van der Waals surface area contributed by atoms with Gasteiger partial charge < -0.3 is 5.32 Å². The summed E-state index contributed by atoms with van der Waals surface area (Å²) in [5.41, 5.74) is 1.90. The lowest BCUT2D eigenvalue weighted by Gasteiger charge is -2.24. The Balaban J connectivity index is 2.21. The summed E-state index contributed by atoms with van der Waals surface area (Å²) in [5.74, 6) is 0.572. The summed E-state index contributed by atoms with van der Waals surface area (Å²) < 4.78 is 0. The predicted molar refractivity (Wildman–Crippen MR) is 77.5 cm³/mol. The molecule has 104 valence electrons. The fourth-order valence-corrected chi connectivity index (χ4v) is 2.83. The Morgan fingerprint density at radius 2 is 2.00 bits per heavy atom. The molecule has 0 spiro atoms. The molecule has 1 aliphatic rings. The molecule has 0 heterocycles. The zero-order valence-corrected chi connectivity index (χ0v) is 11.7. The largest absolute Gasteiger partial charge is 0.376 e. The van der Waals surface area contributed by atoms with Crippen molar-refractivity contribution in [3.8, 4) is 0 Å². The minimum absolute atomic E-state index is 0.182. The van der Waals surface area contributed by atoms with Crippen LogP contribution in [0, 0.1) is 23.0 Å². The van der Waals surface area contributed by atoms with Gasteiger partial charge in [0, 0.05) is 12.1 Å². The van der Waals surface area contributed by atoms with Crippen molar-refractivity contribution in [2.45, 2.75) is 52.0 Å². The van der Waals surface area contributed by atoms with Crippen LogP contribution < -0.4 is 5.32 Å². The average Bonchev–Trinajstić information content (AvgIpc) is 2.55. The van der Waals surface area contributed by atoms with E-state index in [1.165, 1.54) is 25.7 Å². The molecule has 1 N–H and O–H groups in total. The van der Waals surface area contributed by atoms with Gasteiger partial charge in [0.05, 0.1) is 4.92 Å². The third-order valence-corrected chi connectivity index (χ3v) is 4.05. The molecule has 0 bridgehead atoms. The number of nitro benzene ring substituents is 1. The van der Waals surface area contributed by atoms with Crippen molar-refractivity contribution in [3.05, 3.63) is 33.9 Å². The molecule has 1 saturated carbocycles. The molecule has 4 nitrogen and oxygen atoms in total. The van der Waals surface area contributed by atoms with Gasteiger partial charge in [-0.15, -0.1) is 0 Å². The van der Waals surface area contributed by atoms with Crippen molar-refractivity contribution < 1.29 is 4.92 Å². The van der Waals surface area contributed by atoms with Crippen LogP contribution in [-0.4, -0.2) is 11.0 Å². The van der Waals surface area contributed by atoms with E-state index in [2.05, 4.69) is 12.2 Å². The predicted octanol–water partition coefficient (Wildman–Crippen LogP) is 4.28. The number of nitrogens with one attached hydrogen (secondary N) is 1. The standard InChI is InChI=1S/C15H22N2O2/c1-11-8-9-15(17(18)19)14(10-11)16-13-7-5-3-4-6-12(13)2/h8-10,12-13,16H,3-7H2,1-2H3. The second-order valence-electron chi connectivity index (χ2n) is 5.64. The number of aryl methyl sites for hydroxylation is 1. The van der Waals surface area contributed by atoms with Crippen LogP contribution in [0.25, 0.3) is 0 Å². The Bertz CT molecular complexity index is 459. The smallest absolute Gasteiger partial charge is 0.292 e. The monoisotopic (exact) mass is 262 g/mol. The third kappa shape index (κ3) is 3.46. The Labute approximate surface area is 114 Å². The van der Waals surface area contributed by atoms with Gasteiger partial charge in [-0.3, -0.25) is 10.1 Å². The van der Waals surface area contributed by atoms with Crippen LogP contribution in [-0.2, 0) is 0 Å². The van der Waals surface area contributed by atoms with Crippen molar-refractivity contribution in [1.82, 2.24) is 0 Å². The average molecular weight is 262 g/mol. The molecule has 2 atom stereocenters. The third-order valence-electron chi connectivity index (χ3n) is 4.05. The fourth-order valence-electron chi connectivity index (χ4n) is 2.83. The van der Waals surface area contributed by atoms with E-state index < -0.39 is 0 Å². The van der Waals surface area contributed by atoms with Crippen molar-refractivity contribution in [3.63, 3.8) is 0 Å². The Hall–Kier alpha value is -1.58. The second kappa shape index (κ2) is 6.04. The van der Waals surface area contributed by atoms with Gasteiger partial charge in [-0.2, -0.15) is 0 Å². The van der Waals surface area contributed by atoms with Gasteiger partial charge in [0.15, 0.2) is 0 Å². The van der Waals surface area contributed by atoms with Crippen molar-refractivity contribution in [1.29, 1.82) is 0 Å². The van der Waals surface area contributed by atoms with E-state index >= 15 is 0 Å². The lowest BCUT2D eigenvalue weighted by atomic mass is 9.96.